The molecule has 6 heteroatoms. The van der Waals surface area contributed by atoms with E-state index >= 15 is 0 Å². The first-order chi connectivity index (χ1) is 14.3. The molecule has 0 unspecified atom stereocenters. The maximum Gasteiger partial charge on any atom is 0.432 e. The predicted octanol–water partition coefficient (Wildman–Crippen LogP) is 7.34. The van der Waals surface area contributed by atoms with Crippen LogP contribution >= 0.6 is 0 Å². The summed E-state index contributed by atoms with van der Waals surface area (Å²) in [6.45, 7) is 3.90. The van der Waals surface area contributed by atoms with Crippen molar-refractivity contribution < 1.29 is 27.0 Å². The molecule has 3 rings (SSSR count). The number of alkyl halides is 2. The highest BCUT2D eigenvalue weighted by Crippen LogP contribution is 2.38. The molecule has 0 aliphatic rings. The second-order valence-corrected chi connectivity index (χ2v) is 6.94. The van der Waals surface area contributed by atoms with Gasteiger partial charge in [-0.15, -0.1) is 0 Å². The minimum atomic E-state index is -4.25. The van der Waals surface area contributed by atoms with Gasteiger partial charge in [-0.1, -0.05) is 43.2 Å². The zero-order valence-corrected chi connectivity index (χ0v) is 16.6. The van der Waals surface area contributed by atoms with E-state index in [0.717, 1.165) is 30.4 Å². The second kappa shape index (κ2) is 9.20. The first kappa shape index (κ1) is 21.7. The smallest absolute Gasteiger partial charge is 0.432 e. The third kappa shape index (κ3) is 5.12. The normalized spacial score (nSPS) is 11.4. The first-order valence-electron chi connectivity index (χ1n) is 9.60. The van der Waals surface area contributed by atoms with Crippen LogP contribution in [0.25, 0.3) is 0 Å². The minimum Gasteiger partial charge on any atom is -0.454 e. The molecule has 3 aromatic carbocycles. The van der Waals surface area contributed by atoms with Gasteiger partial charge in [0.25, 0.3) is 0 Å². The topological polar surface area (TPSA) is 18.5 Å². The van der Waals surface area contributed by atoms with Gasteiger partial charge in [0.05, 0.1) is 0 Å². The van der Waals surface area contributed by atoms with Gasteiger partial charge < -0.3 is 9.47 Å². The number of unbranched alkanes of at least 4 members (excludes halogenated alkanes) is 1. The van der Waals surface area contributed by atoms with E-state index in [0.29, 0.717) is 6.07 Å². The van der Waals surface area contributed by atoms with Gasteiger partial charge in [0.2, 0.25) is 0 Å². The summed E-state index contributed by atoms with van der Waals surface area (Å²) in [5, 5.41) is 0. The van der Waals surface area contributed by atoms with Crippen LogP contribution in [0.4, 0.5) is 17.6 Å². The van der Waals surface area contributed by atoms with E-state index in [9.17, 15) is 17.6 Å². The molecular formula is C24H21F4O2. The van der Waals surface area contributed by atoms with E-state index in [-0.39, 0.29) is 11.5 Å². The third-order valence-corrected chi connectivity index (χ3v) is 4.51. The highest BCUT2D eigenvalue weighted by Gasteiger charge is 2.42. The number of ether oxygens (including phenoxy) is 2. The highest BCUT2D eigenvalue weighted by atomic mass is 19.3. The van der Waals surface area contributed by atoms with E-state index in [1.54, 1.807) is 36.4 Å². The van der Waals surface area contributed by atoms with Crippen molar-refractivity contribution in [3.05, 3.63) is 89.0 Å². The van der Waals surface area contributed by atoms with Crippen LogP contribution in [0.5, 0.6) is 17.2 Å². The van der Waals surface area contributed by atoms with Crippen molar-refractivity contribution in [2.45, 2.75) is 39.2 Å². The zero-order valence-electron chi connectivity index (χ0n) is 16.6. The molecule has 0 spiro atoms. The van der Waals surface area contributed by atoms with Crippen LogP contribution in [0, 0.1) is 24.6 Å². The van der Waals surface area contributed by atoms with Crippen LogP contribution in [-0.2, 0) is 12.5 Å². The van der Waals surface area contributed by atoms with Crippen LogP contribution < -0.4 is 9.47 Å². The van der Waals surface area contributed by atoms with Gasteiger partial charge in [-0.3, -0.25) is 0 Å². The molecule has 2 nitrogen and oxygen atoms in total. The van der Waals surface area contributed by atoms with E-state index in [4.69, 9.17) is 4.74 Å². The fourth-order valence-electron chi connectivity index (χ4n) is 2.85. The van der Waals surface area contributed by atoms with Crippen molar-refractivity contribution in [2.24, 2.45) is 0 Å². The van der Waals surface area contributed by atoms with Crippen molar-refractivity contribution >= 4 is 0 Å². The van der Waals surface area contributed by atoms with Gasteiger partial charge in [-0.2, -0.15) is 8.78 Å². The van der Waals surface area contributed by atoms with E-state index in [2.05, 4.69) is 17.7 Å². The van der Waals surface area contributed by atoms with Gasteiger partial charge in [0.15, 0.2) is 11.6 Å². The van der Waals surface area contributed by atoms with Crippen LogP contribution in [0.3, 0.4) is 0 Å². The average Bonchev–Trinajstić information content (AvgIpc) is 2.71. The molecule has 0 aliphatic carbocycles. The number of hydrogen-bond donors (Lipinski definition) is 0. The summed E-state index contributed by atoms with van der Waals surface area (Å²) in [5.41, 5.74) is 0.374. The molecule has 0 heterocycles. The largest absolute Gasteiger partial charge is 0.454 e. The molecule has 30 heavy (non-hydrogen) atoms. The first-order valence-corrected chi connectivity index (χ1v) is 9.60. The van der Waals surface area contributed by atoms with Gasteiger partial charge >= 0.3 is 6.11 Å². The summed E-state index contributed by atoms with van der Waals surface area (Å²) in [6.07, 6.45) is -1.46. The Morgan fingerprint density at radius 3 is 2.20 bits per heavy atom. The molecule has 0 bridgehead atoms. The Hall–Kier alpha value is -3.02. The highest BCUT2D eigenvalue weighted by molar-refractivity contribution is 5.38. The number of benzene rings is 3. The molecule has 0 atom stereocenters. The molecule has 1 radical (unpaired) electrons. The standard InChI is InChI=1S/C24H21F4O2/c1-3-4-5-17-8-12-19(13-9-17)30-24(27,28)22-20(25)14-15-21(23(22)26)29-18-10-6-16(2)7-11-18/h6-14H,3-5H2,1-2H3. The molecule has 3 aromatic rings. The maximum atomic E-state index is 14.7. The minimum absolute atomic E-state index is 0.201. The Morgan fingerprint density at radius 1 is 0.933 bits per heavy atom. The van der Waals surface area contributed by atoms with E-state index < -0.39 is 29.1 Å². The Labute approximate surface area is 173 Å². The molecule has 0 aliphatic heterocycles. The lowest BCUT2D eigenvalue weighted by atomic mass is 10.1. The Kier molecular flexibility index (Phi) is 6.65. The van der Waals surface area contributed by atoms with Crippen LogP contribution in [0.1, 0.15) is 36.5 Å². The molecular weight excluding hydrogens is 396 g/mol. The molecule has 0 amide bonds. The van der Waals surface area contributed by atoms with Crippen molar-refractivity contribution in [3.63, 3.8) is 0 Å². The van der Waals surface area contributed by atoms with Crippen molar-refractivity contribution in [3.8, 4) is 17.2 Å². The fraction of sp³-hybridized carbons (Fsp3) is 0.250. The predicted molar refractivity (Wildman–Crippen MR) is 106 cm³/mol. The van der Waals surface area contributed by atoms with Crippen molar-refractivity contribution in [1.29, 1.82) is 0 Å². The summed E-state index contributed by atoms with van der Waals surface area (Å²) in [4.78, 5) is 0. The zero-order chi connectivity index (χ0) is 21.7. The quantitative estimate of drug-likeness (QED) is 0.357. The molecule has 0 fully saturated rings. The molecule has 0 aromatic heterocycles. The van der Waals surface area contributed by atoms with Crippen LogP contribution in [0.2, 0.25) is 0 Å². The SMILES string of the molecule is CCCCc1ccc(OC(F)(F)c2c(F)c[c]c(Oc3ccc(C)cc3)c2F)cc1. The Balaban J connectivity index is 1.84. The van der Waals surface area contributed by atoms with Gasteiger partial charge in [0, 0.05) is 6.07 Å². The van der Waals surface area contributed by atoms with Gasteiger partial charge in [-0.05, 0) is 55.7 Å². The lowest BCUT2D eigenvalue weighted by Crippen LogP contribution is -2.25. The summed E-state index contributed by atoms with van der Waals surface area (Å²) in [6, 6.07) is 15.3. The maximum absolute atomic E-state index is 14.7. The van der Waals surface area contributed by atoms with Gasteiger partial charge in [0.1, 0.15) is 22.9 Å². The summed E-state index contributed by atoms with van der Waals surface area (Å²) < 4.78 is 68.1. The lowest BCUT2D eigenvalue weighted by molar-refractivity contribution is -0.189. The summed E-state index contributed by atoms with van der Waals surface area (Å²) in [5.74, 6) is -3.69. The van der Waals surface area contributed by atoms with Crippen molar-refractivity contribution in [2.75, 3.05) is 0 Å². The van der Waals surface area contributed by atoms with E-state index in [1.165, 1.54) is 12.1 Å². The van der Waals surface area contributed by atoms with Gasteiger partial charge in [-0.25, -0.2) is 8.78 Å². The number of hydrogen-bond acceptors (Lipinski definition) is 2. The number of rotatable bonds is 8. The summed E-state index contributed by atoms with van der Waals surface area (Å²) in [7, 11) is 0. The lowest BCUT2D eigenvalue weighted by Gasteiger charge is -2.20. The second-order valence-electron chi connectivity index (χ2n) is 6.94. The number of aryl methyl sites for hydroxylation is 2. The molecule has 0 saturated carbocycles. The van der Waals surface area contributed by atoms with Crippen LogP contribution in [-0.4, -0.2) is 0 Å². The molecule has 157 valence electrons. The summed E-state index contributed by atoms with van der Waals surface area (Å²) >= 11 is 0. The van der Waals surface area contributed by atoms with Crippen molar-refractivity contribution in [1.82, 2.24) is 0 Å². The van der Waals surface area contributed by atoms with E-state index in [1.807, 2.05) is 6.92 Å². The monoisotopic (exact) mass is 417 g/mol. The Morgan fingerprint density at radius 2 is 1.57 bits per heavy atom. The third-order valence-electron chi connectivity index (χ3n) is 4.51. The molecule has 0 N–H and O–H groups in total. The number of halogens is 4. The Bertz CT molecular complexity index is 983. The fourth-order valence-corrected chi connectivity index (χ4v) is 2.85. The molecule has 0 saturated heterocycles. The van der Waals surface area contributed by atoms with Crippen LogP contribution in [0.15, 0.2) is 54.6 Å². The average molecular weight is 417 g/mol.